The van der Waals surface area contributed by atoms with Crippen LogP contribution in [0, 0.1) is 19.8 Å². The molecule has 0 aliphatic carbocycles. The summed E-state index contributed by atoms with van der Waals surface area (Å²) < 4.78 is 20.2. The van der Waals surface area contributed by atoms with E-state index in [1.54, 1.807) is 23.8 Å². The van der Waals surface area contributed by atoms with Crippen molar-refractivity contribution in [3.05, 3.63) is 93.4 Å². The van der Waals surface area contributed by atoms with Crippen LogP contribution in [0.25, 0.3) is 11.1 Å². The molecule has 0 saturated carbocycles. The summed E-state index contributed by atoms with van der Waals surface area (Å²) in [5.74, 6) is -0.694. The number of esters is 1. The fourth-order valence-corrected chi connectivity index (χ4v) is 5.95. The van der Waals surface area contributed by atoms with Crippen molar-refractivity contribution < 1.29 is 18.7 Å². The molecule has 1 fully saturated rings. The number of hydrogen-bond donors (Lipinski definition) is 0. The molecule has 0 spiro atoms. The number of halogens is 1. The highest BCUT2D eigenvalue weighted by Crippen LogP contribution is 2.34. The third-order valence-electron chi connectivity index (χ3n) is 8.01. The number of ketones is 1. The van der Waals surface area contributed by atoms with E-state index in [9.17, 15) is 18.8 Å². The molecule has 1 saturated heterocycles. The number of rotatable bonds is 13. The lowest BCUT2D eigenvalue weighted by Gasteiger charge is -2.34. The van der Waals surface area contributed by atoms with Gasteiger partial charge >= 0.3 is 5.97 Å². The van der Waals surface area contributed by atoms with Crippen molar-refractivity contribution >= 4 is 11.8 Å². The molecule has 3 aromatic rings. The Bertz CT molecular complexity index is 1440. The Morgan fingerprint density at radius 1 is 1.00 bits per heavy atom. The molecule has 2 aromatic carbocycles. The molecule has 0 bridgehead atoms. The van der Waals surface area contributed by atoms with E-state index in [1.807, 2.05) is 36.9 Å². The molecule has 1 unspecified atom stereocenters. The second kappa shape index (κ2) is 14.1. The van der Waals surface area contributed by atoms with Gasteiger partial charge in [0, 0.05) is 44.2 Å². The third kappa shape index (κ3) is 7.82. The average molecular weight is 575 g/mol. The summed E-state index contributed by atoms with van der Waals surface area (Å²) in [5.41, 5.74) is 6.00. The van der Waals surface area contributed by atoms with E-state index in [4.69, 9.17) is 4.74 Å². The number of carbonyl (C=O) groups excluding carboxylic acids is 2. The lowest BCUT2D eigenvalue weighted by molar-refractivity contribution is -0.143. The molecule has 6 nitrogen and oxygen atoms in total. The summed E-state index contributed by atoms with van der Waals surface area (Å²) in [6.07, 6.45) is 1.60. The van der Waals surface area contributed by atoms with Crippen LogP contribution in [-0.4, -0.2) is 47.1 Å². The van der Waals surface area contributed by atoms with Gasteiger partial charge in [0.05, 0.1) is 19.1 Å². The maximum atomic E-state index is 14.1. The smallest absolute Gasteiger partial charge is 0.306 e. The Kier molecular flexibility index (Phi) is 10.5. The fraction of sp³-hybridized carbons (Fsp3) is 0.457. The summed E-state index contributed by atoms with van der Waals surface area (Å²) in [4.78, 5) is 41.9. The monoisotopic (exact) mass is 574 g/mol. The zero-order chi connectivity index (χ0) is 30.4. The molecule has 2 atom stereocenters. The van der Waals surface area contributed by atoms with Crippen molar-refractivity contribution in [1.29, 1.82) is 0 Å². The molecule has 1 aromatic heterocycles. The minimum atomic E-state index is -0.810. The molecule has 2 heterocycles. The number of likely N-dealkylation sites (tertiary alicyclic amines) is 1. The number of benzene rings is 2. The highest BCUT2D eigenvalue weighted by molar-refractivity contribution is 5.84. The summed E-state index contributed by atoms with van der Waals surface area (Å²) in [6.45, 7) is 11.5. The van der Waals surface area contributed by atoms with Gasteiger partial charge < -0.3 is 9.30 Å². The standard InChI is InChI=1S/C35H43FN2O4/c1-6-42-34(41)18-29(27-11-8-12-28(16-27)35-24(4)9-7-10-25(35)5)17-32(39)31(15-23(2)3)38-20-26(13-14-33(38)40)19-37-21-30(36)22-37/h7-14,16,20,23,29-31H,6,15,17-19,21-22H2,1-5H3/t29-,31?/m0/s1. The zero-order valence-corrected chi connectivity index (χ0v) is 25.4. The van der Waals surface area contributed by atoms with Crippen molar-refractivity contribution in [3.8, 4) is 11.1 Å². The first kappa shape index (κ1) is 31.4. The van der Waals surface area contributed by atoms with Gasteiger partial charge in [0.1, 0.15) is 6.17 Å². The molecule has 224 valence electrons. The lowest BCUT2D eigenvalue weighted by Crippen LogP contribution is -2.47. The van der Waals surface area contributed by atoms with Crippen LogP contribution < -0.4 is 5.56 Å². The van der Waals surface area contributed by atoms with Crippen LogP contribution in [0.5, 0.6) is 0 Å². The first-order chi connectivity index (χ1) is 20.0. The van der Waals surface area contributed by atoms with Crippen LogP contribution in [-0.2, 0) is 20.9 Å². The van der Waals surface area contributed by atoms with Gasteiger partial charge in [0.15, 0.2) is 5.78 Å². The van der Waals surface area contributed by atoms with Crippen LogP contribution in [0.3, 0.4) is 0 Å². The maximum Gasteiger partial charge on any atom is 0.306 e. The number of nitrogens with zero attached hydrogens (tertiary/aromatic N) is 2. The Morgan fingerprint density at radius 2 is 1.69 bits per heavy atom. The van der Waals surface area contributed by atoms with Crippen molar-refractivity contribution in [2.24, 2.45) is 5.92 Å². The molecule has 0 amide bonds. The van der Waals surface area contributed by atoms with E-state index in [0.717, 1.165) is 33.4 Å². The van der Waals surface area contributed by atoms with E-state index in [0.29, 0.717) is 26.1 Å². The Hall–Kier alpha value is -3.58. The van der Waals surface area contributed by atoms with Gasteiger partial charge in [-0.1, -0.05) is 62.4 Å². The number of Topliss-reactive ketones (excluding diaryl/α,β-unsaturated/α-hetero) is 1. The lowest BCUT2D eigenvalue weighted by atomic mass is 9.85. The number of alkyl halides is 1. The summed E-state index contributed by atoms with van der Waals surface area (Å²) in [5, 5.41) is 0. The van der Waals surface area contributed by atoms with Gasteiger partial charge in [0.25, 0.3) is 5.56 Å². The highest BCUT2D eigenvalue weighted by atomic mass is 19.1. The van der Waals surface area contributed by atoms with E-state index in [1.165, 1.54) is 6.07 Å². The first-order valence-electron chi connectivity index (χ1n) is 15.0. The number of carbonyl (C=O) groups is 2. The Balaban J connectivity index is 1.66. The summed E-state index contributed by atoms with van der Waals surface area (Å²) in [7, 11) is 0. The molecule has 7 heteroatoms. The topological polar surface area (TPSA) is 68.6 Å². The minimum Gasteiger partial charge on any atom is -0.466 e. The molecule has 1 aliphatic heterocycles. The molecular weight excluding hydrogens is 531 g/mol. The molecular formula is C35H43FN2O4. The van der Waals surface area contributed by atoms with Crippen molar-refractivity contribution in [3.63, 3.8) is 0 Å². The number of hydrogen-bond acceptors (Lipinski definition) is 5. The van der Waals surface area contributed by atoms with E-state index < -0.39 is 18.1 Å². The molecule has 1 aliphatic rings. The Labute approximate surface area is 248 Å². The fourth-order valence-electron chi connectivity index (χ4n) is 5.95. The Morgan fingerprint density at radius 3 is 2.33 bits per heavy atom. The quantitative estimate of drug-likeness (QED) is 0.216. The predicted molar refractivity (Wildman–Crippen MR) is 164 cm³/mol. The van der Waals surface area contributed by atoms with Gasteiger partial charge in [-0.25, -0.2) is 4.39 Å². The van der Waals surface area contributed by atoms with Gasteiger partial charge in [-0.05, 0) is 66.5 Å². The van der Waals surface area contributed by atoms with Crippen LogP contribution in [0.4, 0.5) is 4.39 Å². The van der Waals surface area contributed by atoms with Crippen molar-refractivity contribution in [2.75, 3.05) is 19.7 Å². The number of ether oxygens (including phenoxy) is 1. The van der Waals surface area contributed by atoms with Crippen LogP contribution >= 0.6 is 0 Å². The van der Waals surface area contributed by atoms with E-state index >= 15 is 0 Å². The normalized spacial score (nSPS) is 15.3. The molecule has 4 rings (SSSR count). The summed E-state index contributed by atoms with van der Waals surface area (Å²) in [6, 6.07) is 16.8. The second-order valence-corrected chi connectivity index (χ2v) is 12.0. The SMILES string of the molecule is CCOC(=O)C[C@H](CC(=O)C(CC(C)C)n1cc(CN2CC(F)C2)ccc1=O)c1cccc(-c2c(C)cccc2C)c1. The maximum absolute atomic E-state index is 14.1. The summed E-state index contributed by atoms with van der Waals surface area (Å²) >= 11 is 0. The van der Waals surface area contributed by atoms with Gasteiger partial charge in [-0.3, -0.25) is 19.3 Å². The van der Waals surface area contributed by atoms with Gasteiger partial charge in [-0.15, -0.1) is 0 Å². The van der Waals surface area contributed by atoms with Crippen molar-refractivity contribution in [2.45, 2.75) is 78.6 Å². The van der Waals surface area contributed by atoms with Crippen LogP contribution in [0.2, 0.25) is 0 Å². The van der Waals surface area contributed by atoms with Gasteiger partial charge in [-0.2, -0.15) is 0 Å². The molecule has 0 N–H and O–H groups in total. The third-order valence-corrected chi connectivity index (χ3v) is 8.01. The van der Waals surface area contributed by atoms with Gasteiger partial charge in [0.2, 0.25) is 0 Å². The number of pyridine rings is 1. The van der Waals surface area contributed by atoms with E-state index in [2.05, 4.69) is 38.1 Å². The zero-order valence-electron chi connectivity index (χ0n) is 25.4. The number of aryl methyl sites for hydroxylation is 2. The van der Waals surface area contributed by atoms with Crippen LogP contribution in [0.15, 0.2) is 65.6 Å². The minimum absolute atomic E-state index is 0.0679. The largest absolute Gasteiger partial charge is 0.466 e. The molecule has 0 radical (unpaired) electrons. The van der Waals surface area contributed by atoms with Crippen molar-refractivity contribution in [1.82, 2.24) is 9.47 Å². The first-order valence-corrected chi connectivity index (χ1v) is 15.0. The van der Waals surface area contributed by atoms with Crippen LogP contribution in [0.1, 0.15) is 74.2 Å². The average Bonchev–Trinajstić information content (AvgIpc) is 2.91. The molecule has 42 heavy (non-hydrogen) atoms. The number of aromatic nitrogens is 1. The highest BCUT2D eigenvalue weighted by Gasteiger charge is 2.29. The second-order valence-electron chi connectivity index (χ2n) is 12.0. The predicted octanol–water partition coefficient (Wildman–Crippen LogP) is 6.57. The van der Waals surface area contributed by atoms with E-state index in [-0.39, 0.29) is 42.7 Å².